The lowest BCUT2D eigenvalue weighted by Gasteiger charge is -2.14. The number of carboxylic acids is 1. The fourth-order valence-corrected chi connectivity index (χ4v) is 0.870. The Kier molecular flexibility index (Phi) is 3.78. The summed E-state index contributed by atoms with van der Waals surface area (Å²) in [6.07, 6.45) is -4.85. The molecule has 1 atom stereocenters. The lowest BCUT2D eigenvalue weighted by Crippen LogP contribution is -2.35. The SMILES string of the molecule is O=C(O)C(OP(=O)(O)O)C(O)O. The number of phosphoric ester groups is 1. The second-order valence-corrected chi connectivity index (χ2v) is 2.96. The Morgan fingerprint density at radius 2 is 1.75 bits per heavy atom. The van der Waals surface area contributed by atoms with Crippen LogP contribution in [0.25, 0.3) is 0 Å². The lowest BCUT2D eigenvalue weighted by atomic mass is 10.4. The Morgan fingerprint density at radius 1 is 1.33 bits per heavy atom. The summed E-state index contributed by atoms with van der Waals surface area (Å²) in [5, 5.41) is 24.6. The zero-order valence-electron chi connectivity index (χ0n) is 5.56. The second kappa shape index (κ2) is 3.94. The van der Waals surface area contributed by atoms with Crippen molar-refractivity contribution in [3.05, 3.63) is 0 Å². The largest absolute Gasteiger partial charge is 0.479 e. The van der Waals surface area contributed by atoms with Gasteiger partial charge in [-0.2, -0.15) is 0 Å². The van der Waals surface area contributed by atoms with E-state index < -0.39 is 26.2 Å². The Morgan fingerprint density at radius 3 is 1.83 bits per heavy atom. The molecule has 8 nitrogen and oxygen atoms in total. The summed E-state index contributed by atoms with van der Waals surface area (Å²) in [4.78, 5) is 26.2. The smallest absolute Gasteiger partial charge is 0.470 e. The van der Waals surface area contributed by atoms with Crippen molar-refractivity contribution in [1.29, 1.82) is 0 Å². The van der Waals surface area contributed by atoms with E-state index >= 15 is 0 Å². The van der Waals surface area contributed by atoms with E-state index in [0.29, 0.717) is 0 Å². The third-order valence-electron chi connectivity index (χ3n) is 0.765. The van der Waals surface area contributed by atoms with Gasteiger partial charge in [0.25, 0.3) is 0 Å². The number of carboxylic acid groups (broad SMARTS) is 1. The van der Waals surface area contributed by atoms with E-state index in [0.717, 1.165) is 0 Å². The number of aliphatic hydroxyl groups is 2. The number of phosphoric acid groups is 1. The van der Waals surface area contributed by atoms with Crippen molar-refractivity contribution in [3.8, 4) is 0 Å². The van der Waals surface area contributed by atoms with Crippen LogP contribution in [0.15, 0.2) is 0 Å². The minimum atomic E-state index is -5.03. The van der Waals surface area contributed by atoms with E-state index in [1.54, 1.807) is 0 Å². The van der Waals surface area contributed by atoms with Crippen molar-refractivity contribution in [3.63, 3.8) is 0 Å². The third kappa shape index (κ3) is 4.39. The van der Waals surface area contributed by atoms with Gasteiger partial charge >= 0.3 is 13.8 Å². The number of carbonyl (C=O) groups is 1. The molecule has 0 aliphatic heterocycles. The molecular weight excluding hydrogens is 195 g/mol. The first-order valence-corrected chi connectivity index (χ1v) is 4.10. The van der Waals surface area contributed by atoms with Gasteiger partial charge in [0.05, 0.1) is 0 Å². The summed E-state index contributed by atoms with van der Waals surface area (Å²) in [6, 6.07) is 0. The van der Waals surface area contributed by atoms with Crippen molar-refractivity contribution in [2.24, 2.45) is 0 Å². The molecule has 9 heteroatoms. The molecule has 12 heavy (non-hydrogen) atoms. The first-order chi connectivity index (χ1) is 5.24. The van der Waals surface area contributed by atoms with Crippen LogP contribution in [0.5, 0.6) is 0 Å². The molecule has 0 saturated heterocycles. The van der Waals surface area contributed by atoms with Crippen molar-refractivity contribution < 1.29 is 39.0 Å². The summed E-state index contributed by atoms with van der Waals surface area (Å²) in [6.45, 7) is 0. The zero-order chi connectivity index (χ0) is 9.94. The summed E-state index contributed by atoms with van der Waals surface area (Å²) in [7, 11) is -5.03. The van der Waals surface area contributed by atoms with E-state index in [-0.39, 0.29) is 0 Å². The van der Waals surface area contributed by atoms with Crippen molar-refractivity contribution in [2.45, 2.75) is 12.4 Å². The fourth-order valence-electron chi connectivity index (χ4n) is 0.375. The van der Waals surface area contributed by atoms with Gasteiger partial charge in [-0.05, 0) is 0 Å². The molecule has 0 saturated carbocycles. The van der Waals surface area contributed by atoms with E-state index in [1.807, 2.05) is 0 Å². The second-order valence-electron chi connectivity index (χ2n) is 1.77. The first-order valence-electron chi connectivity index (χ1n) is 2.57. The van der Waals surface area contributed by atoms with Gasteiger partial charge < -0.3 is 25.1 Å². The van der Waals surface area contributed by atoms with Gasteiger partial charge in [-0.3, -0.25) is 4.52 Å². The Bertz CT molecular complexity index is 204. The fraction of sp³-hybridized carbons (Fsp3) is 0.667. The molecule has 0 aromatic carbocycles. The van der Waals surface area contributed by atoms with Crippen LogP contribution in [0, 0.1) is 0 Å². The highest BCUT2D eigenvalue weighted by molar-refractivity contribution is 7.46. The monoisotopic (exact) mass is 202 g/mol. The maximum atomic E-state index is 10.0. The van der Waals surface area contributed by atoms with Gasteiger partial charge in [-0.15, -0.1) is 0 Å². The maximum Gasteiger partial charge on any atom is 0.470 e. The summed E-state index contributed by atoms with van der Waals surface area (Å²) in [5.74, 6) is -1.88. The predicted octanol–water partition coefficient (Wildman–Crippen LogP) is -2.14. The van der Waals surface area contributed by atoms with Gasteiger partial charge in [-0.1, -0.05) is 0 Å². The Hall–Kier alpha value is -0.500. The van der Waals surface area contributed by atoms with Crippen molar-refractivity contribution in [2.75, 3.05) is 0 Å². The molecule has 0 bridgehead atoms. The quantitative estimate of drug-likeness (QED) is 0.256. The Labute approximate surface area is 66.3 Å². The average molecular weight is 202 g/mol. The molecule has 1 unspecified atom stereocenters. The molecule has 0 rings (SSSR count). The third-order valence-corrected chi connectivity index (χ3v) is 1.27. The number of aliphatic hydroxyl groups excluding tert-OH is 1. The molecule has 0 aromatic heterocycles. The highest BCUT2D eigenvalue weighted by atomic mass is 31.2. The van der Waals surface area contributed by atoms with Gasteiger partial charge in [0.1, 0.15) is 0 Å². The summed E-state index contributed by atoms with van der Waals surface area (Å²) < 4.78 is 13.6. The minimum Gasteiger partial charge on any atom is -0.479 e. The van der Waals surface area contributed by atoms with Gasteiger partial charge in [0.2, 0.25) is 6.10 Å². The standard InChI is InChI=1S/C3H7O8P/c4-2(5)1(3(6)7)11-12(8,9)10/h1-2,4-5H,(H,6,7)(H2,8,9,10). The zero-order valence-corrected chi connectivity index (χ0v) is 6.46. The Balaban J connectivity index is 4.35. The van der Waals surface area contributed by atoms with Gasteiger partial charge in [0.15, 0.2) is 6.29 Å². The molecular formula is C3H7O8P. The summed E-state index contributed by atoms with van der Waals surface area (Å²) >= 11 is 0. The van der Waals surface area contributed by atoms with Crippen LogP contribution in [0.3, 0.4) is 0 Å². The van der Waals surface area contributed by atoms with Crippen LogP contribution in [-0.2, 0) is 13.9 Å². The molecule has 0 spiro atoms. The molecule has 72 valence electrons. The molecule has 0 aliphatic rings. The number of hydrogen-bond acceptors (Lipinski definition) is 5. The highest BCUT2D eigenvalue weighted by Crippen LogP contribution is 2.38. The molecule has 0 aromatic rings. The van der Waals surface area contributed by atoms with Crippen molar-refractivity contribution in [1.82, 2.24) is 0 Å². The number of hydrogen-bond donors (Lipinski definition) is 5. The van der Waals surface area contributed by atoms with Crippen LogP contribution in [0.4, 0.5) is 0 Å². The van der Waals surface area contributed by atoms with E-state index in [9.17, 15) is 9.36 Å². The molecule has 5 N–H and O–H groups in total. The topological polar surface area (TPSA) is 145 Å². The van der Waals surface area contributed by atoms with E-state index in [4.69, 9.17) is 25.1 Å². The highest BCUT2D eigenvalue weighted by Gasteiger charge is 2.33. The van der Waals surface area contributed by atoms with E-state index in [1.165, 1.54) is 0 Å². The van der Waals surface area contributed by atoms with Gasteiger partial charge in [0, 0.05) is 0 Å². The van der Waals surface area contributed by atoms with Gasteiger partial charge in [-0.25, -0.2) is 9.36 Å². The number of rotatable bonds is 4. The normalized spacial score (nSPS) is 14.8. The molecule has 0 radical (unpaired) electrons. The summed E-state index contributed by atoms with van der Waals surface area (Å²) in [5.41, 5.74) is 0. The lowest BCUT2D eigenvalue weighted by molar-refractivity contribution is -0.169. The molecule has 0 amide bonds. The average Bonchev–Trinajstić information content (AvgIpc) is 1.79. The number of aliphatic carboxylic acids is 1. The minimum absolute atomic E-state index is 1.88. The van der Waals surface area contributed by atoms with E-state index in [2.05, 4.69) is 4.52 Å². The van der Waals surface area contributed by atoms with Crippen LogP contribution >= 0.6 is 7.82 Å². The van der Waals surface area contributed by atoms with Crippen LogP contribution < -0.4 is 0 Å². The first kappa shape index (κ1) is 11.5. The van der Waals surface area contributed by atoms with Crippen LogP contribution in [-0.4, -0.2) is 43.5 Å². The van der Waals surface area contributed by atoms with Crippen LogP contribution in [0.2, 0.25) is 0 Å². The molecule has 0 fully saturated rings. The molecule has 0 heterocycles. The molecule has 0 aliphatic carbocycles. The van der Waals surface area contributed by atoms with Crippen molar-refractivity contribution >= 4 is 13.8 Å². The predicted molar refractivity (Wildman–Crippen MR) is 32.8 cm³/mol. The van der Waals surface area contributed by atoms with Crippen LogP contribution in [0.1, 0.15) is 0 Å². The maximum absolute atomic E-state index is 10.0.